The number of nitrogens with zero attached hydrogens (tertiary/aromatic N) is 10. The average Bonchev–Trinajstić information content (AvgIpc) is 3.41. The maximum atomic E-state index is 4.42. The number of azo groups is 2. The third kappa shape index (κ3) is 5.80. The Hall–Kier alpha value is -4.34. The van der Waals surface area contributed by atoms with Crippen LogP contribution < -0.4 is 18.9 Å². The van der Waals surface area contributed by atoms with Gasteiger partial charge < -0.3 is 9.80 Å². The van der Waals surface area contributed by atoms with E-state index in [9.17, 15) is 0 Å². The highest BCUT2D eigenvalue weighted by Crippen LogP contribution is 2.25. The summed E-state index contributed by atoms with van der Waals surface area (Å²) in [5, 5.41) is 17.6. The third-order valence-electron chi connectivity index (χ3n) is 6.94. The van der Waals surface area contributed by atoms with E-state index in [-0.39, 0.29) is 0 Å². The molecule has 0 N–H and O–H groups in total. The van der Waals surface area contributed by atoms with Crippen LogP contribution in [-0.4, -0.2) is 35.3 Å². The van der Waals surface area contributed by atoms with Gasteiger partial charge in [0.25, 0.3) is 0 Å². The summed E-state index contributed by atoms with van der Waals surface area (Å²) >= 11 is 0. The van der Waals surface area contributed by atoms with Crippen molar-refractivity contribution in [3.05, 3.63) is 73.3 Å². The van der Waals surface area contributed by atoms with Crippen molar-refractivity contribution in [2.45, 2.75) is 12.8 Å². The number of imidazole rings is 2. The summed E-state index contributed by atoms with van der Waals surface area (Å²) in [7, 11) is 7.87. The van der Waals surface area contributed by atoms with E-state index in [1.165, 1.54) is 11.4 Å². The van der Waals surface area contributed by atoms with Crippen LogP contribution in [-0.2, 0) is 28.2 Å². The lowest BCUT2D eigenvalue weighted by molar-refractivity contribution is -0.657. The first-order valence-corrected chi connectivity index (χ1v) is 13.0. The number of aryl methyl sites for hydroxylation is 4. The molecule has 10 heteroatoms. The molecule has 0 radical (unpaired) electrons. The molecule has 1 fully saturated rings. The molecule has 1 aliphatic rings. The van der Waals surface area contributed by atoms with Crippen molar-refractivity contribution in [2.24, 2.45) is 48.6 Å². The summed E-state index contributed by atoms with van der Waals surface area (Å²) < 4.78 is 7.81. The highest BCUT2D eigenvalue weighted by molar-refractivity contribution is 5.54. The van der Waals surface area contributed by atoms with Crippen LogP contribution in [0.4, 0.5) is 34.6 Å². The van der Waals surface area contributed by atoms with E-state index in [0.717, 1.165) is 62.3 Å². The normalized spacial score (nSPS) is 14.9. The Morgan fingerprint density at radius 1 is 0.553 bits per heavy atom. The zero-order valence-electron chi connectivity index (χ0n) is 22.6. The Bertz CT molecular complexity index is 1260. The SMILES string of the molecule is Cn1cc[n+](C)c1/N=N/c1ccc(N2CCCN(c3ccc(/N=N/c4n(C)cc[n+]4C)cc3)CCC2)cc1. The van der Waals surface area contributed by atoms with Crippen LogP contribution in [0, 0.1) is 0 Å². The average molecular weight is 513 g/mol. The van der Waals surface area contributed by atoms with Crippen LogP contribution in [0.5, 0.6) is 0 Å². The minimum atomic E-state index is 0.808. The van der Waals surface area contributed by atoms with E-state index in [0.29, 0.717) is 0 Å². The summed E-state index contributed by atoms with van der Waals surface area (Å²) in [6, 6.07) is 16.8. The molecule has 0 spiro atoms. The monoisotopic (exact) mass is 512 g/mol. The van der Waals surface area contributed by atoms with Gasteiger partial charge >= 0.3 is 11.9 Å². The van der Waals surface area contributed by atoms with Gasteiger partial charge in [0, 0.05) is 47.8 Å². The van der Waals surface area contributed by atoms with Crippen LogP contribution >= 0.6 is 0 Å². The first-order valence-electron chi connectivity index (χ1n) is 13.0. The Morgan fingerprint density at radius 2 is 0.921 bits per heavy atom. The molecule has 196 valence electrons. The fourth-order valence-corrected chi connectivity index (χ4v) is 4.76. The minimum absolute atomic E-state index is 0.808. The van der Waals surface area contributed by atoms with E-state index < -0.39 is 0 Å². The number of benzene rings is 2. The highest BCUT2D eigenvalue weighted by Gasteiger charge is 2.15. The largest absolute Gasteiger partial charge is 0.421 e. The molecule has 0 unspecified atom stereocenters. The van der Waals surface area contributed by atoms with Gasteiger partial charge in [0.1, 0.15) is 11.4 Å². The van der Waals surface area contributed by atoms with E-state index in [1.807, 2.05) is 95.5 Å². The fourth-order valence-electron chi connectivity index (χ4n) is 4.76. The molecule has 0 amide bonds. The lowest BCUT2D eigenvalue weighted by atomic mass is 10.2. The zero-order valence-corrected chi connectivity index (χ0v) is 22.6. The van der Waals surface area contributed by atoms with Gasteiger partial charge in [-0.05, 0) is 61.4 Å². The summed E-state index contributed by atoms with van der Waals surface area (Å²) in [6.45, 7) is 4.10. The van der Waals surface area contributed by atoms with E-state index in [4.69, 9.17) is 0 Å². The van der Waals surface area contributed by atoms with Crippen molar-refractivity contribution in [1.82, 2.24) is 9.13 Å². The molecular formula is C28H36N10+2. The Morgan fingerprint density at radius 3 is 1.24 bits per heavy atom. The van der Waals surface area contributed by atoms with Crippen LogP contribution in [0.3, 0.4) is 0 Å². The van der Waals surface area contributed by atoms with Crippen molar-refractivity contribution in [3.63, 3.8) is 0 Å². The lowest BCUT2D eigenvalue weighted by Crippen LogP contribution is -2.36. The predicted molar refractivity (Wildman–Crippen MR) is 148 cm³/mol. The van der Waals surface area contributed by atoms with Crippen molar-refractivity contribution < 1.29 is 9.13 Å². The van der Waals surface area contributed by atoms with Crippen molar-refractivity contribution in [1.29, 1.82) is 0 Å². The number of hydrogen-bond donors (Lipinski definition) is 0. The fraction of sp³-hybridized carbons (Fsp3) is 0.357. The third-order valence-corrected chi connectivity index (χ3v) is 6.94. The number of aromatic nitrogens is 4. The van der Waals surface area contributed by atoms with Crippen LogP contribution in [0.2, 0.25) is 0 Å². The Kier molecular flexibility index (Phi) is 7.57. The van der Waals surface area contributed by atoms with Crippen molar-refractivity contribution >= 4 is 34.6 Å². The molecule has 0 atom stereocenters. The molecule has 0 bridgehead atoms. The maximum Gasteiger partial charge on any atom is 0.421 e. The molecule has 1 aliphatic heterocycles. The molecule has 2 aromatic heterocycles. The van der Waals surface area contributed by atoms with Crippen LogP contribution in [0.15, 0.2) is 93.8 Å². The summed E-state index contributed by atoms with van der Waals surface area (Å²) in [5.74, 6) is 1.62. The Balaban J connectivity index is 1.15. The van der Waals surface area contributed by atoms with Crippen LogP contribution in [0.1, 0.15) is 12.8 Å². The molecule has 38 heavy (non-hydrogen) atoms. The lowest BCUT2D eigenvalue weighted by Gasteiger charge is -2.33. The quantitative estimate of drug-likeness (QED) is 0.271. The van der Waals surface area contributed by atoms with Crippen molar-refractivity contribution in [3.8, 4) is 0 Å². The zero-order chi connectivity index (χ0) is 26.5. The van der Waals surface area contributed by atoms with E-state index in [1.54, 1.807) is 0 Å². The number of hydrogen-bond acceptors (Lipinski definition) is 6. The van der Waals surface area contributed by atoms with Gasteiger partial charge in [0.15, 0.2) is 0 Å². The summed E-state index contributed by atoms with van der Waals surface area (Å²) in [4.78, 5) is 4.95. The van der Waals surface area contributed by atoms with Gasteiger partial charge in [-0.3, -0.25) is 0 Å². The smallest absolute Gasteiger partial charge is 0.371 e. The van der Waals surface area contributed by atoms with Gasteiger partial charge in [0.05, 0.1) is 53.0 Å². The molecular weight excluding hydrogens is 476 g/mol. The molecule has 4 aromatic rings. The van der Waals surface area contributed by atoms with E-state index in [2.05, 4.69) is 54.5 Å². The molecule has 3 heterocycles. The minimum Gasteiger partial charge on any atom is -0.371 e. The maximum absolute atomic E-state index is 4.42. The van der Waals surface area contributed by atoms with Gasteiger partial charge in [-0.2, -0.15) is 0 Å². The number of rotatable bonds is 6. The molecule has 10 nitrogen and oxygen atoms in total. The molecule has 2 aromatic carbocycles. The number of anilines is 2. The second-order valence-corrected chi connectivity index (χ2v) is 9.75. The van der Waals surface area contributed by atoms with Crippen LogP contribution in [0.25, 0.3) is 0 Å². The van der Waals surface area contributed by atoms with Gasteiger partial charge in [-0.1, -0.05) is 10.2 Å². The summed E-state index contributed by atoms with van der Waals surface area (Å²) in [6.07, 6.45) is 10.1. The molecule has 1 saturated heterocycles. The second kappa shape index (κ2) is 11.4. The summed E-state index contributed by atoms with van der Waals surface area (Å²) in [5.41, 5.74) is 4.19. The molecule has 0 saturated carbocycles. The van der Waals surface area contributed by atoms with Crippen molar-refractivity contribution in [2.75, 3.05) is 36.0 Å². The Labute approximate surface area is 223 Å². The van der Waals surface area contributed by atoms with Gasteiger partial charge in [-0.25, -0.2) is 18.3 Å². The molecule has 5 rings (SSSR count). The van der Waals surface area contributed by atoms with Gasteiger partial charge in [0.2, 0.25) is 0 Å². The second-order valence-electron chi connectivity index (χ2n) is 9.75. The predicted octanol–water partition coefficient (Wildman–Crippen LogP) is 4.95. The first-order chi connectivity index (χ1) is 18.5. The highest BCUT2D eigenvalue weighted by atomic mass is 15.3. The van der Waals surface area contributed by atoms with Gasteiger partial charge in [-0.15, -0.1) is 0 Å². The standard InChI is InChI=1S/C28H36N10/c1-33-19-20-34(2)27(33)31-29-23-7-11-25(12-8-23)37-15-5-17-38(18-6-16-37)26-13-9-24(10-14-26)30-32-28-35(3)21-22-36(28)4/h7-14,19-22H,5-6,15-18H2,1-4H3/q+2. The van der Waals surface area contributed by atoms with E-state index >= 15 is 0 Å². The topological polar surface area (TPSA) is 73.5 Å². The first kappa shape index (κ1) is 25.3. The molecule has 0 aliphatic carbocycles.